The van der Waals surface area contributed by atoms with Gasteiger partial charge in [-0.2, -0.15) is 0 Å². The summed E-state index contributed by atoms with van der Waals surface area (Å²) in [5.41, 5.74) is 0.704. The Balaban J connectivity index is 1.72. The van der Waals surface area contributed by atoms with Crippen LogP contribution in [-0.4, -0.2) is 36.3 Å². The highest BCUT2D eigenvalue weighted by Crippen LogP contribution is 2.15. The maximum atomic E-state index is 11.8. The molecule has 1 saturated heterocycles. The second-order valence-corrected chi connectivity index (χ2v) is 5.74. The molecule has 1 aromatic heterocycles. The molecule has 0 unspecified atom stereocenters. The zero-order valence-corrected chi connectivity index (χ0v) is 12.1. The number of amides is 2. The number of nitrogens with one attached hydrogen (secondary N) is 1. The zero-order valence-electron chi connectivity index (χ0n) is 11.3. The lowest BCUT2D eigenvalue weighted by atomic mass is 10.2. The summed E-state index contributed by atoms with van der Waals surface area (Å²) in [6.07, 6.45) is 3.56. The summed E-state index contributed by atoms with van der Waals surface area (Å²) < 4.78 is 0. The minimum atomic E-state index is -0.0785. The van der Waals surface area contributed by atoms with Gasteiger partial charge >= 0.3 is 0 Å². The average molecular weight is 280 g/mol. The lowest BCUT2D eigenvalue weighted by Crippen LogP contribution is -2.32. The van der Waals surface area contributed by atoms with Crippen LogP contribution in [0.2, 0.25) is 0 Å². The molecule has 0 aliphatic carbocycles. The van der Waals surface area contributed by atoms with Crippen LogP contribution in [0.5, 0.6) is 0 Å². The van der Waals surface area contributed by atoms with Crippen molar-refractivity contribution in [3.05, 3.63) is 21.9 Å². The van der Waals surface area contributed by atoms with Crippen molar-refractivity contribution in [2.45, 2.75) is 32.6 Å². The van der Waals surface area contributed by atoms with Gasteiger partial charge in [-0.15, -0.1) is 11.3 Å². The zero-order chi connectivity index (χ0) is 13.7. The number of thiophene rings is 1. The molecule has 2 amide bonds. The summed E-state index contributed by atoms with van der Waals surface area (Å²) >= 11 is 1.60. The van der Waals surface area contributed by atoms with Crippen molar-refractivity contribution in [2.75, 3.05) is 19.6 Å². The molecule has 1 fully saturated rings. The molecule has 0 saturated carbocycles. The van der Waals surface area contributed by atoms with E-state index in [1.165, 1.54) is 4.88 Å². The predicted octanol–water partition coefficient (Wildman–Crippen LogP) is 2.05. The van der Waals surface area contributed by atoms with Gasteiger partial charge < -0.3 is 10.2 Å². The Kier molecular flexibility index (Phi) is 4.96. The smallest absolute Gasteiger partial charge is 0.252 e. The summed E-state index contributed by atoms with van der Waals surface area (Å²) in [5.74, 6) is 0.0718. The summed E-state index contributed by atoms with van der Waals surface area (Å²) in [6, 6.07) is 1.92. The highest BCUT2D eigenvalue weighted by molar-refractivity contribution is 7.10. The number of aryl methyl sites for hydroxylation is 1. The van der Waals surface area contributed by atoms with Gasteiger partial charge in [-0.3, -0.25) is 9.59 Å². The van der Waals surface area contributed by atoms with Gasteiger partial charge in [-0.1, -0.05) is 6.92 Å². The van der Waals surface area contributed by atoms with Crippen molar-refractivity contribution in [2.24, 2.45) is 0 Å². The Morgan fingerprint density at radius 3 is 2.74 bits per heavy atom. The molecule has 0 spiro atoms. The number of carbonyl (C=O) groups excluding carboxylic acids is 2. The highest BCUT2D eigenvalue weighted by Gasteiger charge is 2.17. The van der Waals surface area contributed by atoms with Crippen molar-refractivity contribution < 1.29 is 9.59 Å². The van der Waals surface area contributed by atoms with E-state index >= 15 is 0 Å². The van der Waals surface area contributed by atoms with Gasteiger partial charge in [0, 0.05) is 36.3 Å². The monoisotopic (exact) mass is 280 g/mol. The van der Waals surface area contributed by atoms with Crippen molar-refractivity contribution in [3.8, 4) is 0 Å². The molecule has 4 nitrogen and oxygen atoms in total. The lowest BCUT2D eigenvalue weighted by Gasteiger charge is -2.14. The Labute approximate surface area is 117 Å². The fourth-order valence-corrected chi connectivity index (χ4v) is 3.01. The molecule has 1 aliphatic rings. The standard InChI is InChI=1S/C14H20N2O2S/c1-2-12-9-11(10-19-12)14(18)15-6-5-13(17)16-7-3-4-8-16/h9-10H,2-8H2,1H3,(H,15,18). The van der Waals surface area contributed by atoms with Crippen molar-refractivity contribution in [1.29, 1.82) is 0 Å². The van der Waals surface area contributed by atoms with Gasteiger partial charge in [0.15, 0.2) is 0 Å². The van der Waals surface area contributed by atoms with E-state index in [1.54, 1.807) is 11.3 Å². The third-order valence-corrected chi connectivity index (χ3v) is 4.43. The molecule has 104 valence electrons. The molecule has 1 aliphatic heterocycles. The third kappa shape index (κ3) is 3.80. The van der Waals surface area contributed by atoms with Crippen LogP contribution in [0.25, 0.3) is 0 Å². The van der Waals surface area contributed by atoms with Crippen LogP contribution in [0.15, 0.2) is 11.4 Å². The van der Waals surface area contributed by atoms with Crippen molar-refractivity contribution in [3.63, 3.8) is 0 Å². The molecule has 2 rings (SSSR count). The van der Waals surface area contributed by atoms with Gasteiger partial charge in [0.2, 0.25) is 5.91 Å². The third-order valence-electron chi connectivity index (χ3n) is 3.35. The molecule has 0 aromatic carbocycles. The maximum absolute atomic E-state index is 11.8. The van der Waals surface area contributed by atoms with E-state index in [-0.39, 0.29) is 11.8 Å². The number of hydrogen-bond acceptors (Lipinski definition) is 3. The molecule has 19 heavy (non-hydrogen) atoms. The quantitative estimate of drug-likeness (QED) is 0.897. The second-order valence-electron chi connectivity index (χ2n) is 4.75. The van der Waals surface area contributed by atoms with Crippen LogP contribution in [0, 0.1) is 0 Å². The first kappa shape index (κ1) is 14.1. The first-order chi connectivity index (χ1) is 9.20. The van der Waals surface area contributed by atoms with E-state index in [0.29, 0.717) is 18.5 Å². The van der Waals surface area contributed by atoms with Crippen LogP contribution >= 0.6 is 11.3 Å². The maximum Gasteiger partial charge on any atom is 0.252 e. The Morgan fingerprint density at radius 2 is 2.11 bits per heavy atom. The van der Waals surface area contributed by atoms with Crippen LogP contribution in [0.4, 0.5) is 0 Å². The Bertz CT molecular complexity index is 450. The minimum absolute atomic E-state index is 0.0785. The number of rotatable bonds is 5. The Morgan fingerprint density at radius 1 is 1.37 bits per heavy atom. The molecular formula is C14H20N2O2S. The van der Waals surface area contributed by atoms with E-state index < -0.39 is 0 Å². The number of likely N-dealkylation sites (tertiary alicyclic amines) is 1. The first-order valence-corrected chi connectivity index (χ1v) is 7.72. The normalized spacial score (nSPS) is 14.7. The van der Waals surface area contributed by atoms with Gasteiger partial charge in [-0.05, 0) is 25.3 Å². The van der Waals surface area contributed by atoms with Crippen LogP contribution in [-0.2, 0) is 11.2 Å². The molecular weight excluding hydrogens is 260 g/mol. The summed E-state index contributed by atoms with van der Waals surface area (Å²) in [5, 5.41) is 4.68. The van der Waals surface area contributed by atoms with Gasteiger partial charge in [0.1, 0.15) is 0 Å². The van der Waals surface area contributed by atoms with Crippen LogP contribution in [0.1, 0.15) is 41.4 Å². The fourth-order valence-electron chi connectivity index (χ4n) is 2.19. The fraction of sp³-hybridized carbons (Fsp3) is 0.571. The molecule has 0 atom stereocenters. The van der Waals surface area contributed by atoms with Crippen molar-refractivity contribution in [1.82, 2.24) is 10.2 Å². The number of hydrogen-bond donors (Lipinski definition) is 1. The molecule has 2 heterocycles. The van der Waals surface area contributed by atoms with Crippen LogP contribution in [0.3, 0.4) is 0 Å². The van der Waals surface area contributed by atoms with E-state index in [2.05, 4.69) is 12.2 Å². The Hall–Kier alpha value is -1.36. The lowest BCUT2D eigenvalue weighted by molar-refractivity contribution is -0.129. The topological polar surface area (TPSA) is 49.4 Å². The molecule has 1 aromatic rings. The minimum Gasteiger partial charge on any atom is -0.351 e. The van der Waals surface area contributed by atoms with Gasteiger partial charge in [0.25, 0.3) is 5.91 Å². The molecule has 1 N–H and O–H groups in total. The van der Waals surface area contributed by atoms with Gasteiger partial charge in [-0.25, -0.2) is 0 Å². The highest BCUT2D eigenvalue weighted by atomic mass is 32.1. The second kappa shape index (κ2) is 6.70. The van der Waals surface area contributed by atoms with Crippen LogP contribution < -0.4 is 5.32 Å². The number of nitrogens with zero attached hydrogens (tertiary/aromatic N) is 1. The molecule has 5 heteroatoms. The van der Waals surface area contributed by atoms with E-state index in [1.807, 2.05) is 16.3 Å². The molecule has 0 radical (unpaired) electrons. The SMILES string of the molecule is CCc1cc(C(=O)NCCC(=O)N2CCCC2)cs1. The van der Waals surface area contributed by atoms with E-state index in [0.717, 1.165) is 32.4 Å². The summed E-state index contributed by atoms with van der Waals surface area (Å²) in [6.45, 7) is 4.24. The van der Waals surface area contributed by atoms with Crippen molar-refractivity contribution >= 4 is 23.2 Å². The summed E-state index contributed by atoms with van der Waals surface area (Å²) in [4.78, 5) is 26.7. The molecule has 0 bridgehead atoms. The van der Waals surface area contributed by atoms with Gasteiger partial charge in [0.05, 0.1) is 5.56 Å². The first-order valence-electron chi connectivity index (χ1n) is 6.84. The summed E-state index contributed by atoms with van der Waals surface area (Å²) in [7, 11) is 0. The predicted molar refractivity (Wildman–Crippen MR) is 76.5 cm³/mol. The van der Waals surface area contributed by atoms with E-state index in [9.17, 15) is 9.59 Å². The number of carbonyl (C=O) groups is 2. The largest absolute Gasteiger partial charge is 0.351 e. The van der Waals surface area contributed by atoms with E-state index in [4.69, 9.17) is 0 Å². The average Bonchev–Trinajstić information content (AvgIpc) is 3.09.